The van der Waals surface area contributed by atoms with Gasteiger partial charge in [-0.2, -0.15) is 0 Å². The van der Waals surface area contributed by atoms with E-state index in [2.05, 4.69) is 0 Å². The van der Waals surface area contributed by atoms with Crippen molar-refractivity contribution in [2.24, 2.45) is 5.41 Å². The van der Waals surface area contributed by atoms with E-state index in [0.29, 0.717) is 4.88 Å². The predicted molar refractivity (Wildman–Crippen MR) is 70.5 cm³/mol. The van der Waals surface area contributed by atoms with Crippen molar-refractivity contribution in [3.63, 3.8) is 0 Å². The van der Waals surface area contributed by atoms with Gasteiger partial charge in [-0.25, -0.2) is 0 Å². The third-order valence-corrected chi connectivity index (χ3v) is 3.94. The van der Waals surface area contributed by atoms with Crippen LogP contribution in [0.4, 0.5) is 0 Å². The van der Waals surface area contributed by atoms with Crippen molar-refractivity contribution in [2.75, 3.05) is 0 Å². The normalized spacial score (nSPS) is 11.2. The first-order valence-electron chi connectivity index (χ1n) is 5.87. The molecule has 1 aromatic rings. The number of hydrogen-bond acceptors (Lipinski definition) is 4. The van der Waals surface area contributed by atoms with Gasteiger partial charge in [0.15, 0.2) is 5.78 Å². The Morgan fingerprint density at radius 3 is 2.05 bits per heavy atom. The SMILES string of the molecule is CC(CCC(=O)O)(CCC(=O)O)C(=O)c1cccs1. The van der Waals surface area contributed by atoms with Crippen LogP contribution in [0.15, 0.2) is 17.5 Å². The fourth-order valence-electron chi connectivity index (χ4n) is 1.82. The van der Waals surface area contributed by atoms with E-state index >= 15 is 0 Å². The summed E-state index contributed by atoms with van der Waals surface area (Å²) in [5.74, 6) is -2.15. The molecule has 6 heteroatoms. The highest BCUT2D eigenvalue weighted by Crippen LogP contribution is 2.34. The van der Waals surface area contributed by atoms with Crippen LogP contribution in [-0.2, 0) is 9.59 Å². The molecule has 0 amide bonds. The number of carboxylic acids is 2. The Balaban J connectivity index is 2.86. The first-order valence-corrected chi connectivity index (χ1v) is 6.75. The summed E-state index contributed by atoms with van der Waals surface area (Å²) < 4.78 is 0. The lowest BCUT2D eigenvalue weighted by atomic mass is 9.76. The number of rotatable bonds is 8. The van der Waals surface area contributed by atoms with E-state index in [1.165, 1.54) is 11.3 Å². The Morgan fingerprint density at radius 1 is 1.16 bits per heavy atom. The van der Waals surface area contributed by atoms with Crippen LogP contribution < -0.4 is 0 Å². The summed E-state index contributed by atoms with van der Waals surface area (Å²) in [6.07, 6.45) is -0.000831. The third kappa shape index (κ3) is 4.48. The first kappa shape index (κ1) is 15.4. The Morgan fingerprint density at radius 2 is 1.68 bits per heavy atom. The van der Waals surface area contributed by atoms with Crippen molar-refractivity contribution in [3.8, 4) is 0 Å². The molecule has 0 bridgehead atoms. The van der Waals surface area contributed by atoms with Gasteiger partial charge in [0.2, 0.25) is 0 Å². The van der Waals surface area contributed by atoms with E-state index in [4.69, 9.17) is 10.2 Å². The van der Waals surface area contributed by atoms with Crippen LogP contribution in [0.2, 0.25) is 0 Å². The van der Waals surface area contributed by atoms with E-state index in [1.807, 2.05) is 0 Å². The molecule has 1 aromatic heterocycles. The number of Topliss-reactive ketones (excluding diaryl/α,β-unsaturated/α-hetero) is 1. The topological polar surface area (TPSA) is 91.7 Å². The van der Waals surface area contributed by atoms with Crippen molar-refractivity contribution in [1.82, 2.24) is 0 Å². The summed E-state index contributed by atoms with van der Waals surface area (Å²) >= 11 is 1.28. The van der Waals surface area contributed by atoms with Crippen LogP contribution in [0.5, 0.6) is 0 Å². The van der Waals surface area contributed by atoms with Gasteiger partial charge in [0, 0.05) is 18.3 Å². The highest BCUT2D eigenvalue weighted by molar-refractivity contribution is 7.12. The number of carbonyl (C=O) groups is 3. The first-order chi connectivity index (χ1) is 8.85. The lowest BCUT2D eigenvalue weighted by Gasteiger charge is -2.26. The lowest BCUT2D eigenvalue weighted by molar-refractivity contribution is -0.137. The van der Waals surface area contributed by atoms with Gasteiger partial charge in [-0.1, -0.05) is 13.0 Å². The van der Waals surface area contributed by atoms with Gasteiger partial charge >= 0.3 is 11.9 Å². The van der Waals surface area contributed by atoms with Crippen molar-refractivity contribution in [2.45, 2.75) is 32.6 Å². The highest BCUT2D eigenvalue weighted by Gasteiger charge is 2.35. The lowest BCUT2D eigenvalue weighted by Crippen LogP contribution is -2.29. The van der Waals surface area contributed by atoms with Gasteiger partial charge in [-0.3, -0.25) is 14.4 Å². The Kier molecular flexibility index (Phi) is 5.23. The summed E-state index contributed by atoms with van der Waals surface area (Å²) in [6.45, 7) is 1.64. The van der Waals surface area contributed by atoms with E-state index in [0.717, 1.165) is 0 Å². The van der Waals surface area contributed by atoms with Gasteiger partial charge in [-0.05, 0) is 24.3 Å². The number of ketones is 1. The molecule has 0 aliphatic heterocycles. The van der Waals surface area contributed by atoms with Crippen LogP contribution in [-0.4, -0.2) is 27.9 Å². The molecular weight excluding hydrogens is 268 g/mol. The average Bonchev–Trinajstić information content (AvgIpc) is 2.86. The molecule has 0 unspecified atom stereocenters. The van der Waals surface area contributed by atoms with E-state index in [-0.39, 0.29) is 31.5 Å². The predicted octanol–water partition coefficient (Wildman–Crippen LogP) is 2.67. The number of thiophene rings is 1. The molecule has 5 nitrogen and oxygen atoms in total. The van der Waals surface area contributed by atoms with Crippen molar-refractivity contribution < 1.29 is 24.6 Å². The van der Waals surface area contributed by atoms with E-state index in [1.54, 1.807) is 24.4 Å². The standard InChI is InChI=1S/C13H16O5S/c1-13(6-4-10(14)15,7-5-11(16)17)12(18)9-3-2-8-19-9/h2-3,8H,4-7H2,1H3,(H,14,15)(H,16,17). The van der Waals surface area contributed by atoms with Crippen LogP contribution in [0.3, 0.4) is 0 Å². The molecule has 0 aromatic carbocycles. The van der Waals surface area contributed by atoms with Crippen LogP contribution in [0, 0.1) is 5.41 Å². The molecule has 0 aliphatic rings. The van der Waals surface area contributed by atoms with Gasteiger partial charge in [0.25, 0.3) is 0 Å². The number of aliphatic carboxylic acids is 2. The molecule has 0 spiro atoms. The molecule has 0 radical (unpaired) electrons. The molecule has 0 saturated heterocycles. The molecular formula is C13H16O5S. The van der Waals surface area contributed by atoms with Crippen molar-refractivity contribution >= 4 is 29.1 Å². The highest BCUT2D eigenvalue weighted by atomic mass is 32.1. The maximum atomic E-state index is 12.4. The van der Waals surface area contributed by atoms with Crippen molar-refractivity contribution in [3.05, 3.63) is 22.4 Å². The van der Waals surface area contributed by atoms with Gasteiger partial charge < -0.3 is 10.2 Å². The summed E-state index contributed by atoms with van der Waals surface area (Å²) in [7, 11) is 0. The van der Waals surface area contributed by atoms with Gasteiger partial charge in [0.05, 0.1) is 4.88 Å². The van der Waals surface area contributed by atoms with Crippen LogP contribution >= 0.6 is 11.3 Å². The van der Waals surface area contributed by atoms with Gasteiger partial charge in [0.1, 0.15) is 0 Å². The zero-order valence-electron chi connectivity index (χ0n) is 10.6. The van der Waals surface area contributed by atoms with Crippen molar-refractivity contribution in [1.29, 1.82) is 0 Å². The van der Waals surface area contributed by atoms with E-state index in [9.17, 15) is 14.4 Å². The molecule has 2 N–H and O–H groups in total. The summed E-state index contributed by atoms with van der Waals surface area (Å²) in [4.78, 5) is 34.3. The quantitative estimate of drug-likeness (QED) is 0.716. The minimum absolute atomic E-state index is 0.145. The van der Waals surface area contributed by atoms with Gasteiger partial charge in [-0.15, -0.1) is 11.3 Å². The smallest absolute Gasteiger partial charge is 0.303 e. The number of hydrogen-bond donors (Lipinski definition) is 2. The Labute approximate surface area is 114 Å². The summed E-state index contributed by atoms with van der Waals surface area (Å²) in [5, 5.41) is 19.2. The zero-order chi connectivity index (χ0) is 14.5. The second-order valence-corrected chi connectivity index (χ2v) is 5.60. The largest absolute Gasteiger partial charge is 0.481 e. The fourth-order valence-corrected chi connectivity index (χ4v) is 2.64. The number of carbonyl (C=O) groups excluding carboxylic acids is 1. The monoisotopic (exact) mass is 284 g/mol. The molecule has 0 aliphatic carbocycles. The molecule has 0 atom stereocenters. The molecule has 1 rings (SSSR count). The molecule has 0 fully saturated rings. The molecule has 19 heavy (non-hydrogen) atoms. The molecule has 1 heterocycles. The summed E-state index contributed by atoms with van der Waals surface area (Å²) in [6, 6.07) is 3.42. The number of carboxylic acid groups (broad SMARTS) is 2. The minimum atomic E-state index is -0.986. The van der Waals surface area contributed by atoms with Crippen LogP contribution in [0.1, 0.15) is 42.3 Å². The molecule has 0 saturated carbocycles. The maximum absolute atomic E-state index is 12.4. The Hall–Kier alpha value is -1.69. The summed E-state index contributed by atoms with van der Waals surface area (Å²) in [5.41, 5.74) is -0.943. The second-order valence-electron chi connectivity index (χ2n) is 4.65. The molecule has 104 valence electrons. The third-order valence-electron chi connectivity index (χ3n) is 3.07. The van der Waals surface area contributed by atoms with Crippen LogP contribution in [0.25, 0.3) is 0 Å². The zero-order valence-corrected chi connectivity index (χ0v) is 11.4. The fraction of sp³-hybridized carbons (Fsp3) is 0.462. The average molecular weight is 284 g/mol. The second kappa shape index (κ2) is 6.47. The maximum Gasteiger partial charge on any atom is 0.303 e. The minimum Gasteiger partial charge on any atom is -0.481 e. The van der Waals surface area contributed by atoms with E-state index < -0.39 is 17.4 Å². The Bertz CT molecular complexity index is 445.